The summed E-state index contributed by atoms with van der Waals surface area (Å²) in [6.07, 6.45) is 1.83. The van der Waals surface area contributed by atoms with E-state index in [9.17, 15) is 8.78 Å². The molecule has 0 aliphatic rings. The molecule has 0 saturated carbocycles. The Labute approximate surface area is 102 Å². The van der Waals surface area contributed by atoms with Crippen LogP contribution in [-0.2, 0) is 6.42 Å². The topological polar surface area (TPSA) is 26.0 Å². The molecule has 0 radical (unpaired) electrons. The van der Waals surface area contributed by atoms with Gasteiger partial charge in [-0.25, -0.2) is 8.78 Å². The van der Waals surface area contributed by atoms with Gasteiger partial charge in [0.05, 0.1) is 4.47 Å². The van der Waals surface area contributed by atoms with Gasteiger partial charge in [0.1, 0.15) is 11.6 Å². The first-order valence-electron chi connectivity index (χ1n) is 4.89. The second kappa shape index (κ2) is 5.06. The number of hydrogen-bond donors (Lipinski definition) is 1. The normalized spacial score (nSPS) is 14.6. The third kappa shape index (κ3) is 2.68. The van der Waals surface area contributed by atoms with E-state index in [-0.39, 0.29) is 16.5 Å². The summed E-state index contributed by atoms with van der Waals surface area (Å²) < 4.78 is 27.5. The van der Waals surface area contributed by atoms with E-state index >= 15 is 0 Å². The van der Waals surface area contributed by atoms with E-state index in [1.165, 1.54) is 12.1 Å². The SMILES string of the molecule is C=CC(C)(CN)Cc1c(F)ccc(Br)c1F. The van der Waals surface area contributed by atoms with Gasteiger partial charge in [-0.15, -0.1) is 6.58 Å². The Balaban J connectivity index is 3.14. The van der Waals surface area contributed by atoms with Crippen molar-refractivity contribution in [3.63, 3.8) is 0 Å². The minimum atomic E-state index is -0.568. The lowest BCUT2D eigenvalue weighted by molar-refractivity contribution is 0.414. The van der Waals surface area contributed by atoms with Crippen molar-refractivity contribution in [1.82, 2.24) is 0 Å². The third-order valence-corrected chi connectivity index (χ3v) is 3.29. The number of rotatable bonds is 4. The van der Waals surface area contributed by atoms with E-state index in [1.54, 1.807) is 6.08 Å². The van der Waals surface area contributed by atoms with Crippen molar-refractivity contribution in [1.29, 1.82) is 0 Å². The zero-order chi connectivity index (χ0) is 12.3. The highest BCUT2D eigenvalue weighted by molar-refractivity contribution is 9.10. The summed E-state index contributed by atoms with van der Waals surface area (Å²) in [4.78, 5) is 0. The zero-order valence-corrected chi connectivity index (χ0v) is 10.7. The van der Waals surface area contributed by atoms with E-state index in [0.29, 0.717) is 6.54 Å². The van der Waals surface area contributed by atoms with Crippen molar-refractivity contribution in [3.8, 4) is 0 Å². The Hall–Kier alpha value is -0.740. The van der Waals surface area contributed by atoms with Gasteiger partial charge in [0.15, 0.2) is 0 Å². The molecule has 0 heterocycles. The van der Waals surface area contributed by atoms with Gasteiger partial charge in [-0.2, -0.15) is 0 Å². The molecular formula is C12H14BrF2N. The largest absolute Gasteiger partial charge is 0.330 e. The van der Waals surface area contributed by atoms with Gasteiger partial charge in [-0.3, -0.25) is 0 Å². The quantitative estimate of drug-likeness (QED) is 0.667. The molecular weight excluding hydrogens is 276 g/mol. The van der Waals surface area contributed by atoms with Crippen molar-refractivity contribution in [2.24, 2.45) is 11.1 Å². The molecule has 0 aliphatic carbocycles. The summed E-state index contributed by atoms with van der Waals surface area (Å²) in [5.41, 5.74) is 5.12. The second-order valence-electron chi connectivity index (χ2n) is 4.06. The average Bonchev–Trinajstić information content (AvgIpc) is 2.29. The first kappa shape index (κ1) is 13.3. The summed E-state index contributed by atoms with van der Waals surface area (Å²) in [5, 5.41) is 0. The minimum absolute atomic E-state index is 0.0437. The molecule has 2 N–H and O–H groups in total. The maximum atomic E-state index is 13.7. The fourth-order valence-corrected chi connectivity index (χ4v) is 1.73. The van der Waals surface area contributed by atoms with Gasteiger partial charge < -0.3 is 5.73 Å². The molecule has 0 spiro atoms. The van der Waals surface area contributed by atoms with Gasteiger partial charge in [0.2, 0.25) is 0 Å². The lowest BCUT2D eigenvalue weighted by Crippen LogP contribution is -2.28. The number of halogens is 3. The maximum Gasteiger partial charge on any atom is 0.143 e. The molecule has 1 aromatic carbocycles. The van der Waals surface area contributed by atoms with Gasteiger partial charge in [-0.1, -0.05) is 13.0 Å². The highest BCUT2D eigenvalue weighted by atomic mass is 79.9. The Kier molecular flexibility index (Phi) is 4.21. The van der Waals surface area contributed by atoms with Gasteiger partial charge in [-0.05, 0) is 34.5 Å². The van der Waals surface area contributed by atoms with E-state index in [2.05, 4.69) is 22.5 Å². The predicted octanol–water partition coefficient (Wildman–Crippen LogP) is 3.42. The molecule has 0 amide bonds. The van der Waals surface area contributed by atoms with Gasteiger partial charge in [0.25, 0.3) is 0 Å². The van der Waals surface area contributed by atoms with Crippen molar-refractivity contribution >= 4 is 15.9 Å². The Morgan fingerprint density at radius 1 is 1.50 bits per heavy atom. The van der Waals surface area contributed by atoms with Gasteiger partial charge >= 0.3 is 0 Å². The fraction of sp³-hybridized carbons (Fsp3) is 0.333. The van der Waals surface area contributed by atoms with Crippen LogP contribution in [0.2, 0.25) is 0 Å². The second-order valence-corrected chi connectivity index (χ2v) is 4.92. The average molecular weight is 290 g/mol. The van der Waals surface area contributed by atoms with Crippen molar-refractivity contribution in [2.75, 3.05) is 6.54 Å². The maximum absolute atomic E-state index is 13.7. The van der Waals surface area contributed by atoms with Crippen LogP contribution in [-0.4, -0.2) is 6.54 Å². The molecule has 1 nitrogen and oxygen atoms in total. The lowest BCUT2D eigenvalue weighted by Gasteiger charge is -2.24. The van der Waals surface area contributed by atoms with Crippen molar-refractivity contribution in [2.45, 2.75) is 13.3 Å². The zero-order valence-electron chi connectivity index (χ0n) is 9.06. The van der Waals surface area contributed by atoms with Crippen LogP contribution in [0.5, 0.6) is 0 Å². The van der Waals surface area contributed by atoms with Crippen LogP contribution in [0.4, 0.5) is 8.78 Å². The Morgan fingerprint density at radius 2 is 2.12 bits per heavy atom. The monoisotopic (exact) mass is 289 g/mol. The smallest absolute Gasteiger partial charge is 0.143 e. The molecule has 0 saturated heterocycles. The molecule has 0 aromatic heterocycles. The van der Waals surface area contributed by atoms with Crippen molar-refractivity contribution in [3.05, 3.63) is 46.5 Å². The van der Waals surface area contributed by atoms with E-state index in [0.717, 1.165) is 0 Å². The van der Waals surface area contributed by atoms with Crippen LogP contribution < -0.4 is 5.73 Å². The first-order chi connectivity index (χ1) is 7.43. The summed E-state index contributed by atoms with van der Waals surface area (Å²) >= 11 is 3.03. The number of benzene rings is 1. The fourth-order valence-electron chi connectivity index (χ4n) is 1.36. The number of nitrogens with two attached hydrogens (primary N) is 1. The molecule has 4 heteroatoms. The summed E-state index contributed by atoms with van der Waals surface area (Å²) in [7, 11) is 0. The molecule has 1 aromatic rings. The standard InChI is InChI=1S/C12H14BrF2N/c1-3-12(2,7-16)6-8-10(14)5-4-9(13)11(8)15/h3-5H,1,6-7,16H2,2H3. The van der Waals surface area contributed by atoms with Crippen LogP contribution in [0, 0.1) is 17.0 Å². The molecule has 0 bridgehead atoms. The molecule has 16 heavy (non-hydrogen) atoms. The lowest BCUT2D eigenvalue weighted by atomic mass is 9.83. The Bertz CT molecular complexity index is 406. The molecule has 1 unspecified atom stereocenters. The molecule has 1 atom stereocenters. The highest BCUT2D eigenvalue weighted by Crippen LogP contribution is 2.29. The predicted molar refractivity (Wildman–Crippen MR) is 65.1 cm³/mol. The van der Waals surface area contributed by atoms with Crippen LogP contribution in [0.3, 0.4) is 0 Å². The summed E-state index contributed by atoms with van der Waals surface area (Å²) in [6, 6.07) is 2.59. The van der Waals surface area contributed by atoms with Gasteiger partial charge in [0, 0.05) is 17.5 Å². The summed E-state index contributed by atoms with van der Waals surface area (Å²) in [6.45, 7) is 5.76. The molecule has 88 valence electrons. The van der Waals surface area contributed by atoms with Crippen LogP contribution in [0.15, 0.2) is 29.3 Å². The highest BCUT2D eigenvalue weighted by Gasteiger charge is 2.23. The third-order valence-electron chi connectivity index (χ3n) is 2.68. The molecule has 1 rings (SSSR count). The van der Waals surface area contributed by atoms with E-state index < -0.39 is 17.0 Å². The van der Waals surface area contributed by atoms with E-state index in [4.69, 9.17) is 5.73 Å². The van der Waals surface area contributed by atoms with Crippen LogP contribution in [0.1, 0.15) is 12.5 Å². The summed E-state index contributed by atoms with van der Waals surface area (Å²) in [5.74, 6) is -1.12. The van der Waals surface area contributed by atoms with Crippen LogP contribution in [0.25, 0.3) is 0 Å². The first-order valence-corrected chi connectivity index (χ1v) is 5.69. The molecule has 0 aliphatic heterocycles. The number of hydrogen-bond acceptors (Lipinski definition) is 1. The van der Waals surface area contributed by atoms with Crippen molar-refractivity contribution < 1.29 is 8.78 Å². The minimum Gasteiger partial charge on any atom is -0.330 e. The van der Waals surface area contributed by atoms with E-state index in [1.807, 2.05) is 6.92 Å². The van der Waals surface area contributed by atoms with Crippen LogP contribution >= 0.6 is 15.9 Å². The Morgan fingerprint density at radius 3 is 2.62 bits per heavy atom. The molecule has 0 fully saturated rings.